The number of allylic oxidation sites excluding steroid dienone is 1. The van der Waals surface area contributed by atoms with Gasteiger partial charge in [-0.25, -0.2) is 0 Å². The molecule has 0 bridgehead atoms. The van der Waals surface area contributed by atoms with E-state index in [-0.39, 0.29) is 11.9 Å². The lowest BCUT2D eigenvalue weighted by molar-refractivity contribution is 0.0954. The van der Waals surface area contributed by atoms with Crippen LogP contribution in [0.15, 0.2) is 60.7 Å². The van der Waals surface area contributed by atoms with E-state index >= 15 is 0 Å². The number of aryl methyl sites for hydroxylation is 1. The summed E-state index contributed by atoms with van der Waals surface area (Å²) in [7, 11) is 0. The fourth-order valence-corrected chi connectivity index (χ4v) is 2.39. The van der Waals surface area contributed by atoms with Gasteiger partial charge in [0.2, 0.25) is 0 Å². The predicted octanol–water partition coefficient (Wildman–Crippen LogP) is 4.40. The van der Waals surface area contributed by atoms with Crippen LogP contribution < -0.4 is 4.74 Å². The van der Waals surface area contributed by atoms with Gasteiger partial charge in [-0.2, -0.15) is 9.67 Å². The molecule has 0 amide bonds. The Morgan fingerprint density at radius 3 is 2.54 bits per heavy atom. The Kier molecular flexibility index (Phi) is 5.59. The van der Waals surface area contributed by atoms with Gasteiger partial charge in [0.25, 0.3) is 5.91 Å². The Morgan fingerprint density at radius 1 is 1.12 bits per heavy atom. The second-order valence-electron chi connectivity index (χ2n) is 5.93. The Labute approximate surface area is 153 Å². The molecular formula is C21H21N3O2. The number of hydrogen-bond donors (Lipinski definition) is 0. The first-order chi connectivity index (χ1) is 12.7. The highest BCUT2D eigenvalue weighted by Crippen LogP contribution is 2.21. The summed E-state index contributed by atoms with van der Waals surface area (Å²) in [6, 6.07) is 17.7. The van der Waals surface area contributed by atoms with Gasteiger partial charge in [-0.15, -0.1) is 5.10 Å². The summed E-state index contributed by atoms with van der Waals surface area (Å²) < 4.78 is 6.80. The fraction of sp³-hybridized carbons (Fsp3) is 0.190. The molecule has 1 aromatic heterocycles. The molecule has 0 unspecified atom stereocenters. The van der Waals surface area contributed by atoms with Crippen LogP contribution in [-0.2, 0) is 0 Å². The minimum atomic E-state index is -0.275. The third-order valence-electron chi connectivity index (χ3n) is 3.76. The number of rotatable bonds is 6. The third-order valence-corrected chi connectivity index (χ3v) is 3.76. The molecule has 0 radical (unpaired) electrons. The van der Waals surface area contributed by atoms with Crippen molar-refractivity contribution in [3.05, 3.63) is 71.8 Å². The lowest BCUT2D eigenvalue weighted by atomic mass is 10.1. The number of hydrogen-bond acceptors (Lipinski definition) is 4. The largest absolute Gasteiger partial charge is 0.462 e. The minimum absolute atomic E-state index is 0.212. The van der Waals surface area contributed by atoms with Gasteiger partial charge in [0.05, 0.1) is 6.61 Å². The summed E-state index contributed by atoms with van der Waals surface area (Å²) >= 11 is 0. The van der Waals surface area contributed by atoms with Crippen LogP contribution in [0, 0.1) is 6.92 Å². The van der Waals surface area contributed by atoms with Crippen LogP contribution in [0.1, 0.15) is 29.3 Å². The van der Waals surface area contributed by atoms with Crippen LogP contribution in [0.4, 0.5) is 0 Å². The molecule has 3 rings (SSSR count). The van der Waals surface area contributed by atoms with E-state index in [0.29, 0.717) is 12.4 Å². The van der Waals surface area contributed by atoms with E-state index in [1.165, 1.54) is 10.8 Å². The minimum Gasteiger partial charge on any atom is -0.462 e. The zero-order chi connectivity index (χ0) is 18.4. The Bertz CT molecular complexity index is 897. The van der Waals surface area contributed by atoms with E-state index in [9.17, 15) is 4.79 Å². The van der Waals surface area contributed by atoms with Crippen molar-refractivity contribution in [3.8, 4) is 17.4 Å². The highest BCUT2D eigenvalue weighted by atomic mass is 16.5. The zero-order valence-corrected chi connectivity index (χ0v) is 14.9. The van der Waals surface area contributed by atoms with Crippen molar-refractivity contribution in [2.45, 2.75) is 20.3 Å². The van der Waals surface area contributed by atoms with Crippen molar-refractivity contribution < 1.29 is 9.53 Å². The number of carbonyl (C=O) groups excluding carboxylic acids is 1. The molecule has 0 aliphatic rings. The Morgan fingerprint density at radius 2 is 1.85 bits per heavy atom. The molecule has 0 saturated carbocycles. The van der Waals surface area contributed by atoms with Crippen LogP contribution in [0.2, 0.25) is 0 Å². The molecule has 2 aromatic carbocycles. The summed E-state index contributed by atoms with van der Waals surface area (Å²) in [6.45, 7) is 4.52. The molecule has 0 aliphatic carbocycles. The summed E-state index contributed by atoms with van der Waals surface area (Å²) in [5, 5.41) is 4.24. The Hall–Kier alpha value is -3.21. The molecule has 26 heavy (non-hydrogen) atoms. The number of carbonyl (C=O) groups is 1. The van der Waals surface area contributed by atoms with Gasteiger partial charge in [-0.1, -0.05) is 67.1 Å². The first kappa shape index (κ1) is 17.6. The maximum atomic E-state index is 12.7. The highest BCUT2D eigenvalue weighted by Gasteiger charge is 2.17. The van der Waals surface area contributed by atoms with Crippen LogP contribution in [-0.4, -0.2) is 27.3 Å². The quantitative estimate of drug-likeness (QED) is 0.620. The van der Waals surface area contributed by atoms with Crippen molar-refractivity contribution in [3.63, 3.8) is 0 Å². The second-order valence-corrected chi connectivity index (χ2v) is 5.93. The highest BCUT2D eigenvalue weighted by molar-refractivity contribution is 5.95. The normalized spacial score (nSPS) is 11.0. The van der Waals surface area contributed by atoms with E-state index in [1.54, 1.807) is 6.08 Å². The van der Waals surface area contributed by atoms with Gasteiger partial charge < -0.3 is 4.74 Å². The maximum absolute atomic E-state index is 12.7. The topological polar surface area (TPSA) is 57.0 Å². The van der Waals surface area contributed by atoms with Gasteiger partial charge in [0, 0.05) is 11.6 Å². The molecule has 0 spiro atoms. The van der Waals surface area contributed by atoms with Gasteiger partial charge in [-0.05, 0) is 25.0 Å². The SMILES string of the molecule is CCCOc1nc(-c2ccc(C)cc2)n(C(=O)/C=C/c2ccccc2)n1. The lowest BCUT2D eigenvalue weighted by Crippen LogP contribution is -2.11. The average molecular weight is 347 g/mol. The summed E-state index contributed by atoms with van der Waals surface area (Å²) in [5.41, 5.74) is 2.90. The van der Waals surface area contributed by atoms with E-state index in [0.717, 1.165) is 23.1 Å². The number of nitrogens with zero attached hydrogens (tertiary/aromatic N) is 3. The standard InChI is InChI=1S/C21H21N3O2/c1-3-15-26-21-22-20(18-12-9-16(2)10-13-18)24(23-21)19(25)14-11-17-7-5-4-6-8-17/h4-14H,3,15H2,1-2H3/b14-11+. The van der Waals surface area contributed by atoms with E-state index in [1.807, 2.05) is 68.4 Å². The van der Waals surface area contributed by atoms with E-state index in [4.69, 9.17) is 4.74 Å². The lowest BCUT2D eigenvalue weighted by Gasteiger charge is -2.02. The predicted molar refractivity (Wildman–Crippen MR) is 102 cm³/mol. The van der Waals surface area contributed by atoms with E-state index < -0.39 is 0 Å². The van der Waals surface area contributed by atoms with Gasteiger partial charge in [-0.3, -0.25) is 4.79 Å². The molecule has 5 nitrogen and oxygen atoms in total. The van der Waals surface area contributed by atoms with Gasteiger partial charge >= 0.3 is 6.01 Å². The van der Waals surface area contributed by atoms with Crippen LogP contribution in [0.5, 0.6) is 6.01 Å². The van der Waals surface area contributed by atoms with Crippen LogP contribution >= 0.6 is 0 Å². The summed E-state index contributed by atoms with van der Waals surface area (Å²) in [6.07, 6.45) is 4.09. The first-order valence-corrected chi connectivity index (χ1v) is 8.61. The van der Waals surface area contributed by atoms with Gasteiger partial charge in [0.1, 0.15) is 0 Å². The number of ether oxygens (including phenoxy) is 1. The van der Waals surface area contributed by atoms with Crippen LogP contribution in [0.25, 0.3) is 17.5 Å². The van der Waals surface area contributed by atoms with Crippen molar-refractivity contribution in [2.75, 3.05) is 6.61 Å². The molecule has 3 aromatic rings. The molecule has 0 saturated heterocycles. The summed E-state index contributed by atoms with van der Waals surface area (Å²) in [4.78, 5) is 17.1. The fourth-order valence-electron chi connectivity index (χ4n) is 2.39. The molecule has 0 aliphatic heterocycles. The Balaban J connectivity index is 1.93. The maximum Gasteiger partial charge on any atom is 0.336 e. The van der Waals surface area contributed by atoms with Crippen LogP contribution in [0.3, 0.4) is 0 Å². The second kappa shape index (κ2) is 8.25. The van der Waals surface area contributed by atoms with Crippen molar-refractivity contribution in [1.82, 2.24) is 14.8 Å². The summed E-state index contributed by atoms with van der Waals surface area (Å²) in [5.74, 6) is 0.196. The van der Waals surface area contributed by atoms with E-state index in [2.05, 4.69) is 10.1 Å². The molecular weight excluding hydrogens is 326 g/mol. The smallest absolute Gasteiger partial charge is 0.336 e. The van der Waals surface area contributed by atoms with Crippen molar-refractivity contribution in [2.24, 2.45) is 0 Å². The van der Waals surface area contributed by atoms with Crippen molar-refractivity contribution in [1.29, 1.82) is 0 Å². The first-order valence-electron chi connectivity index (χ1n) is 8.61. The third kappa shape index (κ3) is 4.25. The molecule has 5 heteroatoms. The average Bonchev–Trinajstić information content (AvgIpc) is 3.10. The molecule has 132 valence electrons. The molecule has 0 atom stereocenters. The number of aromatic nitrogens is 3. The molecule has 0 fully saturated rings. The molecule has 0 N–H and O–H groups in total. The monoisotopic (exact) mass is 347 g/mol. The zero-order valence-electron chi connectivity index (χ0n) is 14.9. The van der Waals surface area contributed by atoms with Gasteiger partial charge in [0.15, 0.2) is 5.82 Å². The van der Waals surface area contributed by atoms with Crippen molar-refractivity contribution >= 4 is 12.0 Å². The number of benzene rings is 2. The molecule has 1 heterocycles.